The number of carboxylic acids is 1. The summed E-state index contributed by atoms with van der Waals surface area (Å²) in [6, 6.07) is -0.239. The molecule has 0 spiro atoms. The van der Waals surface area contributed by atoms with E-state index < -0.39 is 11.9 Å². The molecule has 5 nitrogen and oxygen atoms in total. The molecule has 1 fully saturated rings. The number of hydrogen-bond donors (Lipinski definition) is 2. The first-order valence-electron chi connectivity index (χ1n) is 4.80. The number of aliphatic carboxylic acids is 1. The molecule has 0 aromatic rings. The first-order valence-corrected chi connectivity index (χ1v) is 4.80. The Morgan fingerprint density at radius 1 is 1.57 bits per heavy atom. The molecule has 5 heteroatoms. The van der Waals surface area contributed by atoms with Gasteiger partial charge in [0.1, 0.15) is 0 Å². The zero-order chi connectivity index (χ0) is 10.7. The number of amides is 1. The summed E-state index contributed by atoms with van der Waals surface area (Å²) in [4.78, 5) is 23.8. The van der Waals surface area contributed by atoms with Crippen molar-refractivity contribution in [1.82, 2.24) is 4.90 Å². The molecule has 0 aliphatic carbocycles. The fourth-order valence-corrected chi connectivity index (χ4v) is 1.94. The predicted octanol–water partition coefficient (Wildman–Crippen LogP) is -0.343. The maximum atomic E-state index is 11.4. The molecule has 1 heterocycles. The molecule has 80 valence electrons. The standard InChI is InChI=1S/C9H16N2O3/c1-6-7(9(13)14)3-2-4-11(6)8(12)5-10/h6-7H,2-5,10H2,1H3,(H,13,14). The molecular weight excluding hydrogens is 184 g/mol. The summed E-state index contributed by atoms with van der Waals surface area (Å²) in [5.41, 5.74) is 5.25. The number of hydrogen-bond acceptors (Lipinski definition) is 3. The Bertz CT molecular complexity index is 242. The number of rotatable bonds is 2. The van der Waals surface area contributed by atoms with Gasteiger partial charge in [-0.3, -0.25) is 9.59 Å². The number of nitrogens with two attached hydrogens (primary N) is 1. The van der Waals surface area contributed by atoms with Gasteiger partial charge in [-0.1, -0.05) is 0 Å². The van der Waals surface area contributed by atoms with Gasteiger partial charge in [0.2, 0.25) is 5.91 Å². The van der Waals surface area contributed by atoms with Crippen LogP contribution in [0.3, 0.4) is 0 Å². The first-order chi connectivity index (χ1) is 6.57. The van der Waals surface area contributed by atoms with Crippen molar-refractivity contribution in [3.63, 3.8) is 0 Å². The Morgan fingerprint density at radius 2 is 2.21 bits per heavy atom. The van der Waals surface area contributed by atoms with Crippen LogP contribution in [0.1, 0.15) is 19.8 Å². The minimum Gasteiger partial charge on any atom is -0.481 e. The van der Waals surface area contributed by atoms with E-state index in [-0.39, 0.29) is 18.5 Å². The summed E-state index contributed by atoms with van der Waals surface area (Å²) >= 11 is 0. The molecule has 1 saturated heterocycles. The molecule has 0 radical (unpaired) electrons. The van der Waals surface area contributed by atoms with Gasteiger partial charge >= 0.3 is 5.97 Å². The lowest BCUT2D eigenvalue weighted by Crippen LogP contribution is -2.50. The molecule has 1 aliphatic rings. The Morgan fingerprint density at radius 3 is 2.71 bits per heavy atom. The van der Waals surface area contributed by atoms with E-state index in [0.717, 1.165) is 6.42 Å². The van der Waals surface area contributed by atoms with Gasteiger partial charge in [-0.2, -0.15) is 0 Å². The number of carbonyl (C=O) groups excluding carboxylic acids is 1. The average molecular weight is 200 g/mol. The zero-order valence-electron chi connectivity index (χ0n) is 8.27. The quantitative estimate of drug-likeness (QED) is 0.638. The number of piperidine rings is 1. The molecule has 0 aromatic heterocycles. The number of carboxylic acid groups (broad SMARTS) is 1. The van der Waals surface area contributed by atoms with E-state index in [1.165, 1.54) is 0 Å². The molecule has 14 heavy (non-hydrogen) atoms. The first kappa shape index (κ1) is 11.0. The van der Waals surface area contributed by atoms with Crippen LogP contribution in [0.25, 0.3) is 0 Å². The average Bonchev–Trinajstić information content (AvgIpc) is 2.16. The van der Waals surface area contributed by atoms with Gasteiger partial charge < -0.3 is 15.7 Å². The number of nitrogens with zero attached hydrogens (tertiary/aromatic N) is 1. The Balaban J connectivity index is 2.70. The van der Waals surface area contributed by atoms with E-state index in [9.17, 15) is 9.59 Å². The number of carbonyl (C=O) groups is 2. The third kappa shape index (κ3) is 2.04. The molecule has 3 N–H and O–H groups in total. The molecule has 2 unspecified atom stereocenters. The maximum Gasteiger partial charge on any atom is 0.308 e. The van der Waals surface area contributed by atoms with Gasteiger partial charge in [0.25, 0.3) is 0 Å². The maximum absolute atomic E-state index is 11.4. The lowest BCUT2D eigenvalue weighted by atomic mass is 9.90. The van der Waals surface area contributed by atoms with Crippen LogP contribution in [-0.4, -0.2) is 41.0 Å². The van der Waals surface area contributed by atoms with E-state index in [0.29, 0.717) is 13.0 Å². The molecule has 0 bridgehead atoms. The van der Waals surface area contributed by atoms with E-state index in [2.05, 4.69) is 0 Å². The largest absolute Gasteiger partial charge is 0.481 e. The highest BCUT2D eigenvalue weighted by molar-refractivity contribution is 5.80. The van der Waals surface area contributed by atoms with E-state index >= 15 is 0 Å². The van der Waals surface area contributed by atoms with E-state index in [1.54, 1.807) is 11.8 Å². The van der Waals surface area contributed by atoms with Gasteiger partial charge in [-0.25, -0.2) is 0 Å². The summed E-state index contributed by atoms with van der Waals surface area (Å²) in [6.45, 7) is 2.35. The predicted molar refractivity (Wildman–Crippen MR) is 50.6 cm³/mol. The number of likely N-dealkylation sites (tertiary alicyclic amines) is 1. The Hall–Kier alpha value is -1.10. The summed E-state index contributed by atoms with van der Waals surface area (Å²) in [6.07, 6.45) is 1.39. The topological polar surface area (TPSA) is 83.6 Å². The smallest absolute Gasteiger partial charge is 0.308 e. The normalized spacial score (nSPS) is 27.4. The Kier molecular flexibility index (Phi) is 3.46. The monoisotopic (exact) mass is 200 g/mol. The summed E-state index contributed by atoms with van der Waals surface area (Å²) in [7, 11) is 0. The van der Waals surface area contributed by atoms with Crippen molar-refractivity contribution in [3.8, 4) is 0 Å². The van der Waals surface area contributed by atoms with Gasteiger partial charge in [-0.15, -0.1) is 0 Å². The minimum atomic E-state index is -0.827. The minimum absolute atomic E-state index is 0.0450. The van der Waals surface area contributed by atoms with Crippen LogP contribution in [0.15, 0.2) is 0 Å². The molecular formula is C9H16N2O3. The lowest BCUT2D eigenvalue weighted by Gasteiger charge is -2.37. The van der Waals surface area contributed by atoms with Crippen molar-refractivity contribution in [2.75, 3.05) is 13.1 Å². The van der Waals surface area contributed by atoms with E-state index in [4.69, 9.17) is 10.8 Å². The summed E-state index contributed by atoms with van der Waals surface area (Å²) in [5, 5.41) is 8.91. The van der Waals surface area contributed by atoms with Crippen molar-refractivity contribution in [2.45, 2.75) is 25.8 Å². The molecule has 0 aromatic carbocycles. The van der Waals surface area contributed by atoms with Crippen LogP contribution in [0, 0.1) is 5.92 Å². The van der Waals surface area contributed by atoms with Crippen molar-refractivity contribution < 1.29 is 14.7 Å². The van der Waals surface area contributed by atoms with Crippen molar-refractivity contribution >= 4 is 11.9 Å². The fraction of sp³-hybridized carbons (Fsp3) is 0.778. The van der Waals surface area contributed by atoms with Crippen molar-refractivity contribution in [3.05, 3.63) is 0 Å². The lowest BCUT2D eigenvalue weighted by molar-refractivity contribution is -0.148. The second-order valence-electron chi connectivity index (χ2n) is 3.62. The second-order valence-corrected chi connectivity index (χ2v) is 3.62. The Labute approximate surface area is 82.9 Å². The molecule has 1 amide bonds. The highest BCUT2D eigenvalue weighted by atomic mass is 16.4. The van der Waals surface area contributed by atoms with Gasteiger partial charge in [0.15, 0.2) is 0 Å². The van der Waals surface area contributed by atoms with Crippen molar-refractivity contribution in [1.29, 1.82) is 0 Å². The molecule has 1 rings (SSSR count). The summed E-state index contributed by atoms with van der Waals surface area (Å²) < 4.78 is 0. The van der Waals surface area contributed by atoms with Gasteiger partial charge in [0, 0.05) is 12.6 Å². The van der Waals surface area contributed by atoms with E-state index in [1.807, 2.05) is 0 Å². The van der Waals surface area contributed by atoms with Gasteiger partial charge in [0.05, 0.1) is 12.5 Å². The van der Waals surface area contributed by atoms with Crippen LogP contribution >= 0.6 is 0 Å². The van der Waals surface area contributed by atoms with Crippen LogP contribution in [0.5, 0.6) is 0 Å². The highest BCUT2D eigenvalue weighted by Gasteiger charge is 2.34. The fourth-order valence-electron chi connectivity index (χ4n) is 1.94. The van der Waals surface area contributed by atoms with Crippen LogP contribution in [-0.2, 0) is 9.59 Å². The summed E-state index contributed by atoms with van der Waals surface area (Å²) in [5.74, 6) is -1.44. The van der Waals surface area contributed by atoms with Crippen LogP contribution in [0.2, 0.25) is 0 Å². The zero-order valence-corrected chi connectivity index (χ0v) is 8.27. The van der Waals surface area contributed by atoms with Crippen molar-refractivity contribution in [2.24, 2.45) is 11.7 Å². The van der Waals surface area contributed by atoms with Crippen LogP contribution < -0.4 is 5.73 Å². The second kappa shape index (κ2) is 4.41. The third-order valence-corrected chi connectivity index (χ3v) is 2.80. The van der Waals surface area contributed by atoms with Gasteiger partial charge in [-0.05, 0) is 19.8 Å². The molecule has 0 saturated carbocycles. The third-order valence-electron chi connectivity index (χ3n) is 2.80. The molecule has 2 atom stereocenters. The SMILES string of the molecule is CC1C(C(=O)O)CCCN1C(=O)CN. The molecule has 1 aliphatic heterocycles. The highest BCUT2D eigenvalue weighted by Crippen LogP contribution is 2.23. The van der Waals surface area contributed by atoms with Crippen LogP contribution in [0.4, 0.5) is 0 Å².